The number of aryl methyl sites for hydroxylation is 1. The normalized spacial score (nSPS) is 10.1. The van der Waals surface area contributed by atoms with Gasteiger partial charge in [0, 0.05) is 5.69 Å². The van der Waals surface area contributed by atoms with Crippen molar-refractivity contribution in [2.24, 2.45) is 0 Å². The van der Waals surface area contributed by atoms with Gasteiger partial charge in [-0.15, -0.1) is 0 Å². The van der Waals surface area contributed by atoms with Crippen LogP contribution >= 0.6 is 15.9 Å². The molecule has 1 aromatic rings. The van der Waals surface area contributed by atoms with Crippen LogP contribution in [0.15, 0.2) is 9.27 Å². The minimum atomic E-state index is -0.474. The molecule has 0 spiro atoms. The van der Waals surface area contributed by atoms with Crippen LogP contribution < -0.4 is 5.69 Å². The number of aromatic nitrogens is 2. The molecule has 0 aromatic carbocycles. The van der Waals surface area contributed by atoms with Gasteiger partial charge in [-0.2, -0.15) is 4.98 Å². The molecule has 0 atom stereocenters. The van der Waals surface area contributed by atoms with Crippen molar-refractivity contribution in [3.63, 3.8) is 0 Å². The van der Waals surface area contributed by atoms with Crippen LogP contribution in [-0.4, -0.2) is 22.6 Å². The number of hydrogen-bond donors (Lipinski definition) is 0. The third-order valence-corrected chi connectivity index (χ3v) is 3.20. The number of rotatable bonds is 2. The molecule has 0 saturated heterocycles. The van der Waals surface area contributed by atoms with Crippen molar-refractivity contribution in [3.8, 4) is 0 Å². The van der Waals surface area contributed by atoms with E-state index in [0.717, 1.165) is 4.47 Å². The monoisotopic (exact) mass is 274 g/mol. The summed E-state index contributed by atoms with van der Waals surface area (Å²) in [6.07, 6.45) is 0. The molecule has 0 fully saturated rings. The predicted molar refractivity (Wildman–Crippen MR) is 57.7 cm³/mol. The minimum Gasteiger partial charge on any atom is -0.468 e. The van der Waals surface area contributed by atoms with Crippen molar-refractivity contribution < 1.29 is 9.53 Å². The number of esters is 1. The van der Waals surface area contributed by atoms with Gasteiger partial charge in [-0.3, -0.25) is 9.36 Å². The molecule has 5 nitrogen and oxygen atoms in total. The number of carbonyl (C=O) groups is 1. The van der Waals surface area contributed by atoms with Crippen LogP contribution in [0.3, 0.4) is 0 Å². The van der Waals surface area contributed by atoms with Crippen LogP contribution in [0.5, 0.6) is 0 Å². The zero-order chi connectivity index (χ0) is 11.6. The molecule has 1 aromatic heterocycles. The minimum absolute atomic E-state index is 0.118. The SMILES string of the molecule is COC(=O)Cn1c(C)c(Br)c(C)nc1=O. The Bertz CT molecular complexity index is 453. The van der Waals surface area contributed by atoms with E-state index in [9.17, 15) is 9.59 Å². The average molecular weight is 275 g/mol. The van der Waals surface area contributed by atoms with Gasteiger partial charge < -0.3 is 4.74 Å². The van der Waals surface area contributed by atoms with Crippen molar-refractivity contribution in [1.29, 1.82) is 0 Å². The standard InChI is InChI=1S/C9H11BrN2O3/c1-5-8(10)6(2)12(9(14)11-5)4-7(13)15-3/h4H2,1-3H3. The second kappa shape index (κ2) is 4.57. The van der Waals surface area contributed by atoms with E-state index in [2.05, 4.69) is 25.7 Å². The largest absolute Gasteiger partial charge is 0.468 e. The smallest absolute Gasteiger partial charge is 0.348 e. The molecular weight excluding hydrogens is 264 g/mol. The summed E-state index contributed by atoms with van der Waals surface area (Å²) in [4.78, 5) is 26.3. The van der Waals surface area contributed by atoms with Crippen LogP contribution in [-0.2, 0) is 16.1 Å². The highest BCUT2D eigenvalue weighted by Crippen LogP contribution is 2.16. The quantitative estimate of drug-likeness (QED) is 0.749. The topological polar surface area (TPSA) is 61.2 Å². The van der Waals surface area contributed by atoms with E-state index in [1.165, 1.54) is 11.7 Å². The Balaban J connectivity index is 3.24. The Hall–Kier alpha value is -1.17. The van der Waals surface area contributed by atoms with Gasteiger partial charge in [0.1, 0.15) is 6.54 Å². The van der Waals surface area contributed by atoms with Gasteiger partial charge in [-0.25, -0.2) is 4.79 Å². The summed E-state index contributed by atoms with van der Waals surface area (Å²) in [6, 6.07) is 0. The summed E-state index contributed by atoms with van der Waals surface area (Å²) < 4.78 is 6.49. The molecule has 0 N–H and O–H groups in total. The van der Waals surface area contributed by atoms with Gasteiger partial charge in [0.25, 0.3) is 0 Å². The lowest BCUT2D eigenvalue weighted by Crippen LogP contribution is -2.29. The van der Waals surface area contributed by atoms with Crippen molar-refractivity contribution >= 4 is 21.9 Å². The summed E-state index contributed by atoms with van der Waals surface area (Å²) >= 11 is 3.30. The summed E-state index contributed by atoms with van der Waals surface area (Å²) in [5.41, 5.74) is 0.829. The molecule has 0 aliphatic rings. The molecule has 6 heteroatoms. The molecule has 0 bridgehead atoms. The van der Waals surface area contributed by atoms with E-state index < -0.39 is 11.7 Å². The maximum atomic E-state index is 11.5. The zero-order valence-corrected chi connectivity index (χ0v) is 10.3. The highest BCUT2D eigenvalue weighted by molar-refractivity contribution is 9.10. The summed E-state index contributed by atoms with van der Waals surface area (Å²) in [6.45, 7) is 3.34. The van der Waals surface area contributed by atoms with Gasteiger partial charge >= 0.3 is 11.7 Å². The van der Waals surface area contributed by atoms with Crippen LogP contribution in [0.1, 0.15) is 11.4 Å². The third-order valence-electron chi connectivity index (χ3n) is 2.05. The number of methoxy groups -OCH3 is 1. The molecule has 1 heterocycles. The summed E-state index contributed by atoms with van der Waals surface area (Å²) in [7, 11) is 1.28. The van der Waals surface area contributed by atoms with E-state index in [1.54, 1.807) is 13.8 Å². The van der Waals surface area contributed by atoms with Crippen LogP contribution in [0.2, 0.25) is 0 Å². The van der Waals surface area contributed by atoms with Gasteiger partial charge in [0.2, 0.25) is 0 Å². The molecule has 0 unspecified atom stereocenters. The zero-order valence-electron chi connectivity index (χ0n) is 8.70. The van der Waals surface area contributed by atoms with Crippen molar-refractivity contribution in [3.05, 3.63) is 26.3 Å². The lowest BCUT2D eigenvalue weighted by molar-refractivity contribution is -0.141. The maximum absolute atomic E-state index is 11.5. The second-order valence-electron chi connectivity index (χ2n) is 3.04. The highest BCUT2D eigenvalue weighted by atomic mass is 79.9. The molecule has 0 radical (unpaired) electrons. The second-order valence-corrected chi connectivity index (χ2v) is 3.83. The lowest BCUT2D eigenvalue weighted by atomic mass is 10.3. The Labute approximate surface area is 95.2 Å². The summed E-state index contributed by atoms with van der Waals surface area (Å²) in [5.74, 6) is -0.474. The van der Waals surface area contributed by atoms with Crippen molar-refractivity contribution in [1.82, 2.24) is 9.55 Å². The van der Waals surface area contributed by atoms with Gasteiger partial charge in [0.15, 0.2) is 0 Å². The Kier molecular flexibility index (Phi) is 3.62. The Morgan fingerprint density at radius 1 is 1.53 bits per heavy atom. The number of hydrogen-bond acceptors (Lipinski definition) is 4. The Morgan fingerprint density at radius 2 is 2.13 bits per heavy atom. The first-order valence-corrected chi connectivity index (χ1v) is 5.07. The number of nitrogens with zero attached hydrogens (tertiary/aromatic N) is 2. The number of ether oxygens (including phenoxy) is 1. The summed E-state index contributed by atoms with van der Waals surface area (Å²) in [5, 5.41) is 0. The molecule has 0 amide bonds. The fourth-order valence-corrected chi connectivity index (χ4v) is 1.46. The van der Waals surface area contributed by atoms with Crippen LogP contribution in [0.4, 0.5) is 0 Å². The van der Waals surface area contributed by atoms with Crippen LogP contribution in [0, 0.1) is 13.8 Å². The first-order chi connectivity index (χ1) is 6.97. The first-order valence-electron chi connectivity index (χ1n) is 4.27. The highest BCUT2D eigenvalue weighted by Gasteiger charge is 2.12. The average Bonchev–Trinajstić information content (AvgIpc) is 2.21. The lowest BCUT2D eigenvalue weighted by Gasteiger charge is -2.10. The molecular formula is C9H11BrN2O3. The van der Waals surface area contributed by atoms with Gasteiger partial charge in [-0.1, -0.05) is 0 Å². The third kappa shape index (κ3) is 2.44. The number of carbonyl (C=O) groups excluding carboxylic acids is 1. The van der Waals surface area contributed by atoms with E-state index in [1.807, 2.05) is 0 Å². The van der Waals surface area contributed by atoms with Crippen molar-refractivity contribution in [2.75, 3.05) is 7.11 Å². The fourth-order valence-electron chi connectivity index (χ4n) is 1.16. The van der Waals surface area contributed by atoms with Crippen LogP contribution in [0.25, 0.3) is 0 Å². The van der Waals surface area contributed by atoms with Crippen molar-refractivity contribution in [2.45, 2.75) is 20.4 Å². The first kappa shape index (κ1) is 11.9. The van der Waals surface area contributed by atoms with E-state index in [0.29, 0.717) is 11.4 Å². The fraction of sp³-hybridized carbons (Fsp3) is 0.444. The number of halogens is 1. The maximum Gasteiger partial charge on any atom is 0.348 e. The predicted octanol–water partition coefficient (Wildman–Crippen LogP) is 0.796. The van der Waals surface area contributed by atoms with Gasteiger partial charge in [-0.05, 0) is 29.8 Å². The molecule has 1 rings (SSSR count). The molecule has 0 aliphatic carbocycles. The van der Waals surface area contributed by atoms with E-state index in [4.69, 9.17) is 0 Å². The molecule has 0 aliphatic heterocycles. The molecule has 0 saturated carbocycles. The van der Waals surface area contributed by atoms with Gasteiger partial charge in [0.05, 0.1) is 17.3 Å². The Morgan fingerprint density at radius 3 is 2.67 bits per heavy atom. The molecule has 15 heavy (non-hydrogen) atoms. The molecule has 82 valence electrons. The van der Waals surface area contributed by atoms with E-state index >= 15 is 0 Å². The van der Waals surface area contributed by atoms with E-state index in [-0.39, 0.29) is 6.54 Å².